The van der Waals surface area contributed by atoms with Crippen LogP contribution in [0.2, 0.25) is 0 Å². The molecule has 0 spiro atoms. The Hall–Kier alpha value is -2.57. The van der Waals surface area contributed by atoms with Crippen LogP contribution < -0.4 is 9.47 Å². The molecular formula is C16H17N3O4. The van der Waals surface area contributed by atoms with Gasteiger partial charge in [0.05, 0.1) is 0 Å². The molecule has 0 unspecified atom stereocenters. The number of hydrogen-bond donors (Lipinski definition) is 0. The monoisotopic (exact) mass is 315 g/mol. The molecule has 0 radical (unpaired) electrons. The first-order chi connectivity index (χ1) is 11.2. The lowest BCUT2D eigenvalue weighted by atomic mass is 10.0. The third-order valence-electron chi connectivity index (χ3n) is 4.21. The number of aromatic nitrogens is 2. The van der Waals surface area contributed by atoms with Crippen molar-refractivity contribution in [3.05, 3.63) is 35.5 Å². The fraction of sp³-hybridized carbons (Fsp3) is 0.438. The van der Waals surface area contributed by atoms with E-state index in [1.165, 1.54) is 0 Å². The Bertz CT molecular complexity index is 743. The van der Waals surface area contributed by atoms with Crippen molar-refractivity contribution in [2.45, 2.75) is 32.2 Å². The zero-order valence-electron chi connectivity index (χ0n) is 12.8. The molecule has 23 heavy (non-hydrogen) atoms. The van der Waals surface area contributed by atoms with E-state index >= 15 is 0 Å². The predicted octanol–water partition coefficient (Wildman–Crippen LogP) is 2.47. The van der Waals surface area contributed by atoms with Gasteiger partial charge in [0.2, 0.25) is 12.7 Å². The molecule has 1 aromatic heterocycles. The van der Waals surface area contributed by atoms with Crippen molar-refractivity contribution in [3.63, 3.8) is 0 Å². The number of likely N-dealkylation sites (tertiary alicyclic amines) is 1. The molecule has 1 aromatic carbocycles. The lowest BCUT2D eigenvalue weighted by molar-refractivity contribution is 0.0561. The zero-order chi connectivity index (χ0) is 15.8. The van der Waals surface area contributed by atoms with E-state index in [1.54, 1.807) is 25.1 Å². The summed E-state index contributed by atoms with van der Waals surface area (Å²) >= 11 is 0. The van der Waals surface area contributed by atoms with E-state index in [0.29, 0.717) is 35.3 Å². The van der Waals surface area contributed by atoms with Crippen LogP contribution >= 0.6 is 0 Å². The van der Waals surface area contributed by atoms with Crippen LogP contribution in [0.4, 0.5) is 0 Å². The number of aryl methyl sites for hydroxylation is 1. The molecule has 0 N–H and O–H groups in total. The number of hydrogen-bond acceptors (Lipinski definition) is 6. The molecule has 1 saturated heterocycles. The molecule has 2 aliphatic heterocycles. The van der Waals surface area contributed by atoms with Crippen LogP contribution in [-0.4, -0.2) is 34.3 Å². The van der Waals surface area contributed by atoms with Gasteiger partial charge < -0.3 is 18.9 Å². The zero-order valence-corrected chi connectivity index (χ0v) is 12.8. The Morgan fingerprint density at radius 2 is 2.13 bits per heavy atom. The summed E-state index contributed by atoms with van der Waals surface area (Å²) in [5.41, 5.74) is 0.581. The van der Waals surface area contributed by atoms with Crippen LogP contribution in [0.3, 0.4) is 0 Å². The second kappa shape index (κ2) is 5.57. The van der Waals surface area contributed by atoms with Crippen molar-refractivity contribution < 1.29 is 18.8 Å². The molecule has 1 amide bonds. The van der Waals surface area contributed by atoms with Gasteiger partial charge >= 0.3 is 0 Å². The summed E-state index contributed by atoms with van der Waals surface area (Å²) < 4.78 is 15.9. The molecule has 3 heterocycles. The van der Waals surface area contributed by atoms with E-state index < -0.39 is 0 Å². The molecule has 0 saturated carbocycles. The Labute approximate surface area is 133 Å². The van der Waals surface area contributed by atoms with Crippen LogP contribution in [-0.2, 0) is 0 Å². The molecule has 7 heteroatoms. The van der Waals surface area contributed by atoms with Crippen molar-refractivity contribution in [3.8, 4) is 11.5 Å². The van der Waals surface area contributed by atoms with Crippen LogP contribution in [0.1, 0.15) is 47.4 Å². The van der Waals surface area contributed by atoms with E-state index in [4.69, 9.17) is 14.0 Å². The number of benzene rings is 1. The summed E-state index contributed by atoms with van der Waals surface area (Å²) in [6, 6.07) is 5.10. The summed E-state index contributed by atoms with van der Waals surface area (Å²) in [6.45, 7) is 2.65. The van der Waals surface area contributed by atoms with Crippen molar-refractivity contribution in [2.24, 2.45) is 0 Å². The highest BCUT2D eigenvalue weighted by Crippen LogP contribution is 2.35. The molecule has 4 rings (SSSR count). The van der Waals surface area contributed by atoms with Gasteiger partial charge in [-0.3, -0.25) is 4.79 Å². The van der Waals surface area contributed by atoms with Gasteiger partial charge in [-0.1, -0.05) is 5.16 Å². The Morgan fingerprint density at radius 3 is 2.96 bits per heavy atom. The first-order valence-corrected chi connectivity index (χ1v) is 7.73. The van der Waals surface area contributed by atoms with Gasteiger partial charge in [0.25, 0.3) is 5.91 Å². The highest BCUT2D eigenvalue weighted by Gasteiger charge is 2.33. The van der Waals surface area contributed by atoms with Gasteiger partial charge in [0.1, 0.15) is 6.04 Å². The van der Waals surface area contributed by atoms with E-state index in [0.717, 1.165) is 19.3 Å². The summed E-state index contributed by atoms with van der Waals surface area (Å²) in [4.78, 5) is 19.0. The highest BCUT2D eigenvalue weighted by molar-refractivity contribution is 5.95. The van der Waals surface area contributed by atoms with Crippen LogP contribution in [0.15, 0.2) is 22.7 Å². The Kier molecular flexibility index (Phi) is 3.40. The summed E-state index contributed by atoms with van der Waals surface area (Å²) in [5.74, 6) is 2.32. The Morgan fingerprint density at radius 1 is 1.26 bits per heavy atom. The average molecular weight is 315 g/mol. The molecular weight excluding hydrogens is 298 g/mol. The average Bonchev–Trinajstić information content (AvgIpc) is 3.22. The fourth-order valence-electron chi connectivity index (χ4n) is 3.08. The molecule has 120 valence electrons. The summed E-state index contributed by atoms with van der Waals surface area (Å²) in [5, 5.41) is 3.84. The molecule has 0 bridgehead atoms. The maximum Gasteiger partial charge on any atom is 0.254 e. The number of carbonyl (C=O) groups is 1. The molecule has 1 fully saturated rings. The number of amides is 1. The topological polar surface area (TPSA) is 77.7 Å². The highest BCUT2D eigenvalue weighted by atomic mass is 16.7. The van der Waals surface area contributed by atoms with Gasteiger partial charge in [-0.05, 0) is 44.4 Å². The fourth-order valence-corrected chi connectivity index (χ4v) is 3.08. The molecule has 2 aliphatic rings. The number of fused-ring (bicyclic) bond motifs is 1. The minimum absolute atomic E-state index is 0.0520. The van der Waals surface area contributed by atoms with Crippen molar-refractivity contribution >= 4 is 5.91 Å². The van der Waals surface area contributed by atoms with Crippen LogP contribution in [0, 0.1) is 6.92 Å². The molecule has 7 nitrogen and oxygen atoms in total. The largest absolute Gasteiger partial charge is 0.454 e. The number of ether oxygens (including phenoxy) is 2. The SMILES string of the molecule is Cc1noc([C@@H]2CCCCN2C(=O)c2ccc3c(c2)OCO3)n1. The maximum atomic E-state index is 12.9. The minimum Gasteiger partial charge on any atom is -0.454 e. The van der Waals surface area contributed by atoms with E-state index in [2.05, 4.69) is 10.1 Å². The van der Waals surface area contributed by atoms with Crippen molar-refractivity contribution in [1.29, 1.82) is 0 Å². The van der Waals surface area contributed by atoms with Gasteiger partial charge in [0.15, 0.2) is 17.3 Å². The lowest BCUT2D eigenvalue weighted by Crippen LogP contribution is -2.38. The van der Waals surface area contributed by atoms with E-state index in [1.807, 2.05) is 4.90 Å². The third-order valence-corrected chi connectivity index (χ3v) is 4.21. The lowest BCUT2D eigenvalue weighted by Gasteiger charge is -2.33. The van der Waals surface area contributed by atoms with Crippen molar-refractivity contribution in [1.82, 2.24) is 15.0 Å². The second-order valence-corrected chi connectivity index (χ2v) is 5.76. The predicted molar refractivity (Wildman–Crippen MR) is 79.2 cm³/mol. The van der Waals surface area contributed by atoms with Gasteiger partial charge in [0, 0.05) is 12.1 Å². The molecule has 2 aromatic rings. The minimum atomic E-state index is -0.164. The first-order valence-electron chi connectivity index (χ1n) is 7.73. The number of piperidine rings is 1. The van der Waals surface area contributed by atoms with Gasteiger partial charge in [-0.25, -0.2) is 0 Å². The van der Waals surface area contributed by atoms with E-state index in [-0.39, 0.29) is 18.7 Å². The number of carbonyl (C=O) groups excluding carboxylic acids is 1. The normalized spacial score (nSPS) is 19.9. The van der Waals surface area contributed by atoms with Gasteiger partial charge in [-0.15, -0.1) is 0 Å². The summed E-state index contributed by atoms with van der Waals surface area (Å²) in [6.07, 6.45) is 2.84. The smallest absolute Gasteiger partial charge is 0.254 e. The quantitative estimate of drug-likeness (QED) is 0.847. The number of rotatable bonds is 2. The second-order valence-electron chi connectivity index (χ2n) is 5.76. The summed E-state index contributed by atoms with van der Waals surface area (Å²) in [7, 11) is 0. The first kappa shape index (κ1) is 14.0. The van der Waals surface area contributed by atoms with Gasteiger partial charge in [-0.2, -0.15) is 4.98 Å². The maximum absolute atomic E-state index is 12.9. The number of nitrogens with zero attached hydrogens (tertiary/aromatic N) is 3. The van der Waals surface area contributed by atoms with Crippen LogP contribution in [0.25, 0.3) is 0 Å². The molecule has 0 aliphatic carbocycles. The standard InChI is InChI=1S/C16H17N3O4/c1-10-17-15(23-18-10)12-4-2-3-7-19(12)16(20)11-5-6-13-14(8-11)22-9-21-13/h5-6,8,12H,2-4,7,9H2,1H3/t12-/m0/s1. The Balaban J connectivity index is 1.62. The van der Waals surface area contributed by atoms with Crippen molar-refractivity contribution in [2.75, 3.05) is 13.3 Å². The van der Waals surface area contributed by atoms with E-state index in [9.17, 15) is 4.79 Å². The van der Waals surface area contributed by atoms with Crippen LogP contribution in [0.5, 0.6) is 11.5 Å². The molecule has 1 atom stereocenters. The third kappa shape index (κ3) is 2.52.